The molecule has 0 saturated carbocycles. The molecule has 0 unspecified atom stereocenters. The lowest BCUT2D eigenvalue weighted by molar-refractivity contribution is 0.298. The zero-order chi connectivity index (χ0) is 10.7. The summed E-state index contributed by atoms with van der Waals surface area (Å²) in [5.74, 6) is 0.537. The first-order valence-corrected chi connectivity index (χ1v) is 5.40. The summed E-state index contributed by atoms with van der Waals surface area (Å²) in [6.45, 7) is 2.38. The molecule has 0 aromatic carbocycles. The quantitative estimate of drug-likeness (QED) is 0.781. The molecule has 4 nitrogen and oxygen atoms in total. The highest BCUT2D eigenvalue weighted by atomic mass is 16.3. The van der Waals surface area contributed by atoms with E-state index in [2.05, 4.69) is 21.9 Å². The van der Waals surface area contributed by atoms with Crippen molar-refractivity contribution in [2.75, 3.05) is 26.7 Å². The molecule has 1 aliphatic heterocycles. The van der Waals surface area contributed by atoms with Gasteiger partial charge in [0.05, 0.1) is 0 Å². The molecule has 4 heteroatoms. The Morgan fingerprint density at radius 1 is 1.53 bits per heavy atom. The second-order valence-corrected chi connectivity index (χ2v) is 4.16. The first-order chi connectivity index (χ1) is 7.29. The van der Waals surface area contributed by atoms with Gasteiger partial charge in [0.2, 0.25) is 0 Å². The largest absolute Gasteiger partial charge is 0.396 e. The molecule has 1 saturated heterocycles. The second-order valence-electron chi connectivity index (χ2n) is 4.16. The summed E-state index contributed by atoms with van der Waals surface area (Å²) in [4.78, 5) is 10.8. The Morgan fingerprint density at radius 3 is 3.07 bits per heavy atom. The number of likely N-dealkylation sites (tertiary alicyclic amines) is 1. The average molecular weight is 207 g/mol. The predicted octanol–water partition coefficient (Wildman–Crippen LogP) is 0.430. The van der Waals surface area contributed by atoms with E-state index in [0.717, 1.165) is 24.5 Å². The monoisotopic (exact) mass is 207 g/mol. The van der Waals surface area contributed by atoms with Gasteiger partial charge < -0.3 is 10.0 Å². The SMILES string of the molecule is CN1CC[C@H](c2cc(CCO)ncn2)C1. The highest BCUT2D eigenvalue weighted by Crippen LogP contribution is 2.24. The van der Waals surface area contributed by atoms with Crippen molar-refractivity contribution in [3.8, 4) is 0 Å². The van der Waals surface area contributed by atoms with Gasteiger partial charge in [-0.15, -0.1) is 0 Å². The number of aliphatic hydroxyl groups is 1. The highest BCUT2D eigenvalue weighted by Gasteiger charge is 2.22. The Labute approximate surface area is 90.0 Å². The van der Waals surface area contributed by atoms with E-state index in [1.165, 1.54) is 6.42 Å². The van der Waals surface area contributed by atoms with Gasteiger partial charge in [0.1, 0.15) is 6.33 Å². The van der Waals surface area contributed by atoms with Crippen LogP contribution in [0.4, 0.5) is 0 Å². The summed E-state index contributed by atoms with van der Waals surface area (Å²) in [6, 6.07) is 2.03. The summed E-state index contributed by atoms with van der Waals surface area (Å²) < 4.78 is 0. The number of aliphatic hydroxyl groups excluding tert-OH is 1. The predicted molar refractivity (Wildman–Crippen MR) is 57.7 cm³/mol. The van der Waals surface area contributed by atoms with Gasteiger partial charge in [0, 0.05) is 36.9 Å². The highest BCUT2D eigenvalue weighted by molar-refractivity contribution is 5.14. The number of likely N-dealkylation sites (N-methyl/N-ethyl adjacent to an activating group) is 1. The number of hydrogen-bond acceptors (Lipinski definition) is 4. The Bertz CT molecular complexity index is 329. The molecule has 15 heavy (non-hydrogen) atoms. The smallest absolute Gasteiger partial charge is 0.115 e. The van der Waals surface area contributed by atoms with E-state index in [4.69, 9.17) is 5.11 Å². The van der Waals surface area contributed by atoms with Crippen LogP contribution < -0.4 is 0 Å². The van der Waals surface area contributed by atoms with E-state index in [9.17, 15) is 0 Å². The fourth-order valence-corrected chi connectivity index (χ4v) is 2.07. The first kappa shape index (κ1) is 10.5. The molecule has 1 aromatic rings. The van der Waals surface area contributed by atoms with Crippen LogP contribution in [0.3, 0.4) is 0 Å². The Balaban J connectivity index is 2.10. The lowest BCUT2D eigenvalue weighted by Crippen LogP contribution is -2.14. The minimum Gasteiger partial charge on any atom is -0.396 e. The summed E-state index contributed by atoms with van der Waals surface area (Å²) in [5.41, 5.74) is 2.06. The minimum atomic E-state index is 0.154. The number of rotatable bonds is 3. The molecule has 0 radical (unpaired) electrons. The van der Waals surface area contributed by atoms with Crippen LogP contribution in [0.25, 0.3) is 0 Å². The van der Waals surface area contributed by atoms with Gasteiger partial charge in [-0.3, -0.25) is 0 Å². The van der Waals surface area contributed by atoms with Crippen LogP contribution in [-0.4, -0.2) is 46.7 Å². The molecule has 0 bridgehead atoms. The zero-order valence-electron chi connectivity index (χ0n) is 9.06. The van der Waals surface area contributed by atoms with E-state index in [1.807, 2.05) is 6.07 Å². The number of nitrogens with zero attached hydrogens (tertiary/aromatic N) is 3. The molecule has 2 heterocycles. The fraction of sp³-hybridized carbons (Fsp3) is 0.636. The van der Waals surface area contributed by atoms with Crippen LogP contribution in [-0.2, 0) is 6.42 Å². The number of hydrogen-bond donors (Lipinski definition) is 1. The molecule has 1 aliphatic rings. The van der Waals surface area contributed by atoms with Crippen LogP contribution in [0.2, 0.25) is 0 Å². The van der Waals surface area contributed by atoms with Gasteiger partial charge in [-0.25, -0.2) is 9.97 Å². The van der Waals surface area contributed by atoms with E-state index in [1.54, 1.807) is 6.33 Å². The molecular formula is C11H17N3O. The van der Waals surface area contributed by atoms with Crippen LogP contribution in [0.1, 0.15) is 23.7 Å². The first-order valence-electron chi connectivity index (χ1n) is 5.40. The maximum Gasteiger partial charge on any atom is 0.115 e. The van der Waals surface area contributed by atoms with Crippen molar-refractivity contribution in [1.29, 1.82) is 0 Å². The van der Waals surface area contributed by atoms with E-state index < -0.39 is 0 Å². The third-order valence-electron chi connectivity index (χ3n) is 2.92. The number of aromatic nitrogens is 2. The average Bonchev–Trinajstić information content (AvgIpc) is 2.66. The van der Waals surface area contributed by atoms with E-state index >= 15 is 0 Å². The Hall–Kier alpha value is -1.00. The summed E-state index contributed by atoms with van der Waals surface area (Å²) in [6.07, 6.45) is 3.41. The molecule has 82 valence electrons. The third kappa shape index (κ3) is 2.52. The Morgan fingerprint density at radius 2 is 2.40 bits per heavy atom. The van der Waals surface area contributed by atoms with Gasteiger partial charge >= 0.3 is 0 Å². The van der Waals surface area contributed by atoms with Crippen molar-refractivity contribution >= 4 is 0 Å². The van der Waals surface area contributed by atoms with Crippen molar-refractivity contribution in [2.45, 2.75) is 18.8 Å². The topological polar surface area (TPSA) is 49.2 Å². The standard InChI is InChI=1S/C11H17N3O/c1-14-4-2-9(7-14)11-6-10(3-5-15)12-8-13-11/h6,8-9,15H,2-5,7H2,1H3/t9-/m0/s1. The van der Waals surface area contributed by atoms with Crippen molar-refractivity contribution < 1.29 is 5.11 Å². The maximum atomic E-state index is 8.85. The van der Waals surface area contributed by atoms with Crippen molar-refractivity contribution in [3.05, 3.63) is 23.8 Å². The van der Waals surface area contributed by atoms with Crippen LogP contribution in [0.15, 0.2) is 12.4 Å². The maximum absolute atomic E-state index is 8.85. The normalized spacial score (nSPS) is 22.1. The summed E-state index contributed by atoms with van der Waals surface area (Å²) in [7, 11) is 2.13. The zero-order valence-corrected chi connectivity index (χ0v) is 9.06. The van der Waals surface area contributed by atoms with Gasteiger partial charge in [0.25, 0.3) is 0 Å². The molecule has 1 fully saturated rings. The molecular weight excluding hydrogens is 190 g/mol. The van der Waals surface area contributed by atoms with Crippen molar-refractivity contribution in [1.82, 2.24) is 14.9 Å². The molecule has 1 aromatic heterocycles. The summed E-state index contributed by atoms with van der Waals surface area (Å²) >= 11 is 0. The van der Waals surface area contributed by atoms with E-state index in [0.29, 0.717) is 12.3 Å². The van der Waals surface area contributed by atoms with Gasteiger partial charge in [-0.05, 0) is 26.1 Å². The van der Waals surface area contributed by atoms with Crippen molar-refractivity contribution in [3.63, 3.8) is 0 Å². The molecule has 0 spiro atoms. The van der Waals surface area contributed by atoms with Crippen LogP contribution in [0, 0.1) is 0 Å². The second kappa shape index (κ2) is 4.68. The minimum absolute atomic E-state index is 0.154. The molecule has 2 rings (SSSR count). The van der Waals surface area contributed by atoms with Crippen molar-refractivity contribution in [2.24, 2.45) is 0 Å². The molecule has 1 atom stereocenters. The summed E-state index contributed by atoms with van der Waals surface area (Å²) in [5, 5.41) is 8.85. The third-order valence-corrected chi connectivity index (χ3v) is 2.92. The molecule has 0 aliphatic carbocycles. The molecule has 1 N–H and O–H groups in total. The van der Waals surface area contributed by atoms with Crippen LogP contribution >= 0.6 is 0 Å². The van der Waals surface area contributed by atoms with Gasteiger partial charge in [0.15, 0.2) is 0 Å². The van der Waals surface area contributed by atoms with Crippen LogP contribution in [0.5, 0.6) is 0 Å². The molecule has 0 amide bonds. The lowest BCUT2D eigenvalue weighted by Gasteiger charge is -2.10. The van der Waals surface area contributed by atoms with Gasteiger partial charge in [-0.1, -0.05) is 0 Å². The Kier molecular flexibility index (Phi) is 3.28. The van der Waals surface area contributed by atoms with Gasteiger partial charge in [-0.2, -0.15) is 0 Å². The van der Waals surface area contributed by atoms with E-state index in [-0.39, 0.29) is 6.61 Å². The fourth-order valence-electron chi connectivity index (χ4n) is 2.07. The lowest BCUT2D eigenvalue weighted by atomic mass is 10.0.